The van der Waals surface area contributed by atoms with Gasteiger partial charge in [0, 0.05) is 5.56 Å². The zero-order chi connectivity index (χ0) is 18.3. The van der Waals surface area contributed by atoms with Gasteiger partial charge in [-0.1, -0.05) is 11.2 Å². The monoisotopic (exact) mass is 373 g/mol. The molecule has 0 fully saturated rings. The zero-order valence-electron chi connectivity index (χ0n) is 14.0. The van der Waals surface area contributed by atoms with Crippen molar-refractivity contribution in [1.82, 2.24) is 5.16 Å². The van der Waals surface area contributed by atoms with E-state index in [-0.39, 0.29) is 16.4 Å². The van der Waals surface area contributed by atoms with Crippen LogP contribution >= 0.6 is 0 Å². The fraction of sp³-hybridized carbons (Fsp3) is 0.357. The van der Waals surface area contributed by atoms with Crippen LogP contribution in [-0.2, 0) is 20.0 Å². The van der Waals surface area contributed by atoms with Gasteiger partial charge in [0.1, 0.15) is 6.26 Å². The summed E-state index contributed by atoms with van der Waals surface area (Å²) in [5.41, 5.74) is 2.23. The Labute approximate surface area is 141 Å². The van der Waals surface area contributed by atoms with Crippen LogP contribution in [0.3, 0.4) is 0 Å². The van der Waals surface area contributed by atoms with Gasteiger partial charge in [0.2, 0.25) is 10.0 Å². The summed E-state index contributed by atoms with van der Waals surface area (Å²) in [4.78, 5) is 0.00153. The molecule has 0 radical (unpaired) electrons. The van der Waals surface area contributed by atoms with Gasteiger partial charge in [0.25, 0.3) is 10.0 Å². The quantitative estimate of drug-likeness (QED) is 0.828. The second kappa shape index (κ2) is 6.10. The topological polar surface area (TPSA) is 118 Å². The van der Waals surface area contributed by atoms with Gasteiger partial charge in [-0.05, 0) is 44.4 Å². The van der Waals surface area contributed by atoms with Crippen LogP contribution in [0, 0.1) is 27.7 Å². The molecular weight excluding hydrogens is 354 g/mol. The number of anilines is 2. The lowest BCUT2D eigenvalue weighted by atomic mass is 10.1. The minimum absolute atomic E-state index is 0.00153. The van der Waals surface area contributed by atoms with Crippen LogP contribution in [0.5, 0.6) is 0 Å². The Morgan fingerprint density at radius 2 is 1.58 bits per heavy atom. The van der Waals surface area contributed by atoms with E-state index in [4.69, 9.17) is 4.52 Å². The van der Waals surface area contributed by atoms with Gasteiger partial charge in [-0.3, -0.25) is 9.44 Å². The number of nitrogens with zero attached hydrogens (tertiary/aromatic N) is 1. The van der Waals surface area contributed by atoms with Crippen LogP contribution in [0.4, 0.5) is 11.5 Å². The van der Waals surface area contributed by atoms with Gasteiger partial charge in [-0.15, -0.1) is 0 Å². The van der Waals surface area contributed by atoms with Crippen molar-refractivity contribution in [3.05, 3.63) is 34.6 Å². The molecule has 0 spiro atoms. The summed E-state index contributed by atoms with van der Waals surface area (Å²) in [6.07, 6.45) is 2.33. The molecule has 0 unspecified atom stereocenters. The molecule has 0 aliphatic rings. The molecule has 2 aromatic rings. The number of aryl methyl sites for hydroxylation is 3. The fourth-order valence-corrected chi connectivity index (χ4v) is 4.71. The molecule has 2 N–H and O–H groups in total. The van der Waals surface area contributed by atoms with E-state index in [9.17, 15) is 16.8 Å². The summed E-state index contributed by atoms with van der Waals surface area (Å²) in [5.74, 6) is 0.0898. The van der Waals surface area contributed by atoms with Gasteiger partial charge in [0.15, 0.2) is 5.82 Å². The largest absolute Gasteiger partial charge is 0.362 e. The summed E-state index contributed by atoms with van der Waals surface area (Å²) in [6.45, 7) is 6.56. The van der Waals surface area contributed by atoms with Gasteiger partial charge >= 0.3 is 0 Å². The van der Waals surface area contributed by atoms with Crippen LogP contribution in [0.15, 0.2) is 21.7 Å². The predicted octanol–water partition coefficient (Wildman–Crippen LogP) is 2.08. The van der Waals surface area contributed by atoms with E-state index in [1.165, 1.54) is 6.26 Å². The predicted molar refractivity (Wildman–Crippen MR) is 91.2 cm³/mol. The normalized spacial score (nSPS) is 12.2. The molecule has 1 heterocycles. The highest BCUT2D eigenvalue weighted by Crippen LogP contribution is 2.32. The Hall–Kier alpha value is -2.07. The van der Waals surface area contributed by atoms with E-state index in [0.29, 0.717) is 22.3 Å². The van der Waals surface area contributed by atoms with Crippen molar-refractivity contribution < 1.29 is 21.4 Å². The lowest BCUT2D eigenvalue weighted by Gasteiger charge is -2.18. The van der Waals surface area contributed by atoms with Crippen LogP contribution in [0.1, 0.15) is 22.3 Å². The fourth-order valence-electron chi connectivity index (χ4n) is 2.49. The van der Waals surface area contributed by atoms with Crippen molar-refractivity contribution in [3.63, 3.8) is 0 Å². The Morgan fingerprint density at radius 1 is 0.958 bits per heavy atom. The third-order valence-electron chi connectivity index (χ3n) is 3.44. The maximum Gasteiger partial charge on any atom is 0.263 e. The molecule has 0 bridgehead atoms. The number of aromatic nitrogens is 1. The Kier molecular flexibility index (Phi) is 4.64. The number of sulfonamides is 2. The molecule has 8 nitrogen and oxygen atoms in total. The summed E-state index contributed by atoms with van der Waals surface area (Å²) >= 11 is 0. The summed E-state index contributed by atoms with van der Waals surface area (Å²) in [5, 5.41) is 3.61. The second-order valence-corrected chi connectivity index (χ2v) is 9.03. The number of rotatable bonds is 5. The minimum Gasteiger partial charge on any atom is -0.362 e. The molecule has 0 saturated heterocycles. The highest BCUT2D eigenvalue weighted by Gasteiger charge is 2.25. The molecule has 24 heavy (non-hydrogen) atoms. The molecule has 0 atom stereocenters. The maximum absolute atomic E-state index is 12.8. The maximum atomic E-state index is 12.8. The van der Waals surface area contributed by atoms with E-state index in [1.807, 2.05) is 0 Å². The number of nitrogens with one attached hydrogen (secondary N) is 2. The first-order valence-corrected chi connectivity index (χ1v) is 10.3. The van der Waals surface area contributed by atoms with Crippen molar-refractivity contribution in [2.45, 2.75) is 32.6 Å². The van der Waals surface area contributed by atoms with Crippen molar-refractivity contribution >= 4 is 31.6 Å². The highest BCUT2D eigenvalue weighted by atomic mass is 32.2. The van der Waals surface area contributed by atoms with E-state index in [1.54, 1.807) is 33.8 Å². The molecule has 0 aliphatic carbocycles. The number of hydrogen-bond donors (Lipinski definition) is 2. The highest BCUT2D eigenvalue weighted by molar-refractivity contribution is 7.93. The molecule has 0 aliphatic heterocycles. The van der Waals surface area contributed by atoms with E-state index < -0.39 is 20.0 Å². The standard InChI is InChI=1S/C14H19N3O5S2/c1-8-6-9(2)13(11(4)12(8)16-23(5,18)19)24(20,21)17-14-10(3)7-22-15-14/h6-7,16H,1-5H3,(H,15,17). The zero-order valence-corrected chi connectivity index (χ0v) is 15.6. The third-order valence-corrected chi connectivity index (χ3v) is 5.64. The lowest BCUT2D eigenvalue weighted by Crippen LogP contribution is -2.19. The summed E-state index contributed by atoms with van der Waals surface area (Å²) < 4.78 is 58.1. The molecule has 0 saturated carbocycles. The Morgan fingerprint density at radius 3 is 2.08 bits per heavy atom. The lowest BCUT2D eigenvalue weighted by molar-refractivity contribution is 0.422. The smallest absolute Gasteiger partial charge is 0.263 e. The van der Waals surface area contributed by atoms with Gasteiger partial charge in [-0.25, -0.2) is 16.8 Å². The van der Waals surface area contributed by atoms with Gasteiger partial charge in [0.05, 0.1) is 16.8 Å². The van der Waals surface area contributed by atoms with E-state index >= 15 is 0 Å². The van der Waals surface area contributed by atoms with Crippen LogP contribution in [0.2, 0.25) is 0 Å². The molecule has 1 aromatic heterocycles. The minimum atomic E-state index is -3.97. The molecular formula is C14H19N3O5S2. The van der Waals surface area contributed by atoms with Gasteiger partial charge < -0.3 is 4.52 Å². The molecule has 2 rings (SSSR count). The Bertz CT molecular complexity index is 992. The first-order valence-electron chi connectivity index (χ1n) is 6.95. The first-order chi connectivity index (χ1) is 10.9. The second-order valence-electron chi connectivity index (χ2n) is 5.67. The number of hydrogen-bond acceptors (Lipinski definition) is 6. The van der Waals surface area contributed by atoms with Crippen LogP contribution in [-0.4, -0.2) is 28.2 Å². The summed E-state index contributed by atoms with van der Waals surface area (Å²) in [7, 11) is -7.52. The first kappa shape index (κ1) is 18.3. The van der Waals surface area contributed by atoms with Crippen molar-refractivity contribution in [2.75, 3.05) is 15.7 Å². The Balaban J connectivity index is 2.61. The van der Waals surface area contributed by atoms with Crippen LogP contribution in [0.25, 0.3) is 0 Å². The average Bonchev–Trinajstić information content (AvgIpc) is 2.77. The molecule has 0 amide bonds. The molecule has 1 aromatic carbocycles. The van der Waals surface area contributed by atoms with Crippen molar-refractivity contribution in [2.24, 2.45) is 0 Å². The van der Waals surface area contributed by atoms with E-state index in [0.717, 1.165) is 6.26 Å². The van der Waals surface area contributed by atoms with E-state index in [2.05, 4.69) is 14.6 Å². The van der Waals surface area contributed by atoms with Crippen molar-refractivity contribution in [3.8, 4) is 0 Å². The number of benzene rings is 1. The summed E-state index contributed by atoms with van der Waals surface area (Å²) in [6, 6.07) is 1.62. The SMILES string of the molecule is Cc1conc1NS(=O)(=O)c1c(C)cc(C)c(NS(C)(=O)=O)c1C. The average molecular weight is 373 g/mol. The molecule has 10 heteroatoms. The molecule has 132 valence electrons. The van der Waals surface area contributed by atoms with Gasteiger partial charge in [-0.2, -0.15) is 0 Å². The van der Waals surface area contributed by atoms with Crippen molar-refractivity contribution in [1.29, 1.82) is 0 Å². The third kappa shape index (κ3) is 3.70. The van der Waals surface area contributed by atoms with Crippen LogP contribution < -0.4 is 9.44 Å².